The van der Waals surface area contributed by atoms with Gasteiger partial charge < -0.3 is 15.2 Å². The fourth-order valence-electron chi connectivity index (χ4n) is 2.00. The number of thiophene rings is 1. The second kappa shape index (κ2) is 6.59. The lowest BCUT2D eigenvalue weighted by Crippen LogP contribution is -2.09. The van der Waals surface area contributed by atoms with Gasteiger partial charge in [0, 0.05) is 10.9 Å². The van der Waals surface area contributed by atoms with Gasteiger partial charge >= 0.3 is 0 Å². The molecule has 2 rings (SSSR count). The van der Waals surface area contributed by atoms with Gasteiger partial charge in [-0.2, -0.15) is 0 Å². The zero-order valence-electron chi connectivity index (χ0n) is 11.3. The molecule has 2 N–H and O–H groups in total. The number of rotatable bonds is 6. The van der Waals surface area contributed by atoms with Gasteiger partial charge in [0.2, 0.25) is 0 Å². The van der Waals surface area contributed by atoms with Crippen LogP contribution in [0.15, 0.2) is 35.7 Å². The third kappa shape index (κ3) is 3.49. The van der Waals surface area contributed by atoms with Gasteiger partial charge in [0.25, 0.3) is 0 Å². The van der Waals surface area contributed by atoms with Crippen LogP contribution in [0.3, 0.4) is 0 Å². The largest absolute Gasteiger partial charge is 0.493 e. The average molecular weight is 277 g/mol. The Kier molecular flexibility index (Phi) is 4.82. The average Bonchev–Trinajstić information content (AvgIpc) is 2.98. The second-order valence-electron chi connectivity index (χ2n) is 4.35. The summed E-state index contributed by atoms with van der Waals surface area (Å²) in [4.78, 5) is 1.24. The first-order valence-electron chi connectivity index (χ1n) is 6.24. The van der Waals surface area contributed by atoms with Gasteiger partial charge in [0.15, 0.2) is 11.5 Å². The molecule has 0 amide bonds. The van der Waals surface area contributed by atoms with Gasteiger partial charge in [-0.15, -0.1) is 11.3 Å². The van der Waals surface area contributed by atoms with Gasteiger partial charge in [-0.05, 0) is 42.0 Å². The highest BCUT2D eigenvalue weighted by Crippen LogP contribution is 2.29. The molecule has 4 heteroatoms. The lowest BCUT2D eigenvalue weighted by Gasteiger charge is -2.12. The molecule has 0 aliphatic carbocycles. The first kappa shape index (κ1) is 13.9. The number of benzene rings is 1. The topological polar surface area (TPSA) is 44.5 Å². The highest BCUT2D eigenvalue weighted by molar-refractivity contribution is 7.10. The van der Waals surface area contributed by atoms with Crippen LogP contribution in [0.25, 0.3) is 0 Å². The zero-order chi connectivity index (χ0) is 13.7. The molecule has 0 aliphatic rings. The molecule has 0 saturated heterocycles. The summed E-state index contributed by atoms with van der Waals surface area (Å²) in [5.74, 6) is 1.53. The molecule has 19 heavy (non-hydrogen) atoms. The van der Waals surface area contributed by atoms with E-state index in [1.807, 2.05) is 18.2 Å². The van der Waals surface area contributed by atoms with E-state index in [0.29, 0.717) is 0 Å². The Labute approximate surface area is 118 Å². The predicted molar refractivity (Wildman–Crippen MR) is 79.1 cm³/mol. The Hall–Kier alpha value is -1.52. The molecule has 0 saturated carbocycles. The molecular formula is C15H19NO2S. The van der Waals surface area contributed by atoms with Gasteiger partial charge in [-0.25, -0.2) is 0 Å². The van der Waals surface area contributed by atoms with Crippen LogP contribution < -0.4 is 15.2 Å². The van der Waals surface area contributed by atoms with Crippen molar-refractivity contribution in [2.45, 2.75) is 18.9 Å². The van der Waals surface area contributed by atoms with Crippen LogP contribution >= 0.6 is 11.3 Å². The van der Waals surface area contributed by atoms with Gasteiger partial charge in [0.05, 0.1) is 14.2 Å². The predicted octanol–water partition coefficient (Wildman–Crippen LogP) is 3.40. The van der Waals surface area contributed by atoms with Gasteiger partial charge in [0.1, 0.15) is 0 Å². The lowest BCUT2D eigenvalue weighted by atomic mass is 10.0. The maximum atomic E-state index is 6.17. The highest BCUT2D eigenvalue weighted by atomic mass is 32.1. The Morgan fingerprint density at radius 2 is 1.95 bits per heavy atom. The standard InChI is InChI=1S/C15H19NO2S/c1-17-13-8-6-11(10-14(13)18-2)5-7-12(16)15-4-3-9-19-15/h3-4,6,8-10,12H,5,7,16H2,1-2H3. The summed E-state index contributed by atoms with van der Waals surface area (Å²) in [6.07, 6.45) is 1.86. The van der Waals surface area contributed by atoms with Gasteiger partial charge in [-0.1, -0.05) is 12.1 Å². The third-order valence-corrected chi connectivity index (χ3v) is 4.10. The number of hydrogen-bond acceptors (Lipinski definition) is 4. The number of methoxy groups -OCH3 is 2. The summed E-state index contributed by atoms with van der Waals surface area (Å²) in [6, 6.07) is 10.2. The normalized spacial score (nSPS) is 12.2. The summed E-state index contributed by atoms with van der Waals surface area (Å²) in [7, 11) is 3.29. The fraction of sp³-hybridized carbons (Fsp3) is 0.333. The summed E-state index contributed by atoms with van der Waals surface area (Å²) in [5, 5.41) is 2.06. The van der Waals surface area contributed by atoms with E-state index < -0.39 is 0 Å². The molecule has 0 radical (unpaired) electrons. The molecule has 1 unspecified atom stereocenters. The number of ether oxygens (including phenoxy) is 2. The van der Waals surface area contributed by atoms with Crippen LogP contribution in [0.2, 0.25) is 0 Å². The fourth-order valence-corrected chi connectivity index (χ4v) is 2.77. The van der Waals surface area contributed by atoms with E-state index in [4.69, 9.17) is 15.2 Å². The van der Waals surface area contributed by atoms with Crippen molar-refractivity contribution in [1.82, 2.24) is 0 Å². The molecule has 1 aromatic carbocycles. The Morgan fingerprint density at radius 1 is 1.16 bits per heavy atom. The Bertz CT molecular complexity index is 511. The van der Waals surface area contributed by atoms with E-state index >= 15 is 0 Å². The van der Waals surface area contributed by atoms with Crippen LogP contribution in [0.5, 0.6) is 11.5 Å². The minimum atomic E-state index is 0.105. The number of hydrogen-bond donors (Lipinski definition) is 1. The molecule has 2 aromatic rings. The first-order chi connectivity index (χ1) is 9.24. The quantitative estimate of drug-likeness (QED) is 0.880. The van der Waals surface area contributed by atoms with Crippen molar-refractivity contribution in [2.75, 3.05) is 14.2 Å². The first-order valence-corrected chi connectivity index (χ1v) is 7.12. The maximum absolute atomic E-state index is 6.17. The van der Waals surface area contributed by atoms with Crippen molar-refractivity contribution in [3.8, 4) is 11.5 Å². The SMILES string of the molecule is COc1ccc(CCC(N)c2cccs2)cc1OC. The van der Waals surface area contributed by atoms with E-state index in [-0.39, 0.29) is 6.04 Å². The summed E-state index contributed by atoms with van der Waals surface area (Å²) in [6.45, 7) is 0. The van der Waals surface area contributed by atoms with Crippen LogP contribution in [0, 0.1) is 0 Å². The van der Waals surface area contributed by atoms with Crippen LogP contribution in [0.4, 0.5) is 0 Å². The van der Waals surface area contributed by atoms with Crippen LogP contribution in [-0.4, -0.2) is 14.2 Å². The van der Waals surface area contributed by atoms with Crippen LogP contribution in [-0.2, 0) is 6.42 Å². The molecule has 102 valence electrons. The van der Waals surface area contributed by atoms with Crippen molar-refractivity contribution in [2.24, 2.45) is 5.73 Å². The van der Waals surface area contributed by atoms with Crippen molar-refractivity contribution < 1.29 is 9.47 Å². The summed E-state index contributed by atoms with van der Waals surface area (Å²) < 4.78 is 10.5. The Morgan fingerprint density at radius 3 is 2.58 bits per heavy atom. The molecule has 3 nitrogen and oxygen atoms in total. The summed E-state index contributed by atoms with van der Waals surface area (Å²) in [5.41, 5.74) is 7.38. The van der Waals surface area contributed by atoms with Crippen molar-refractivity contribution in [3.05, 3.63) is 46.2 Å². The molecular weight excluding hydrogens is 258 g/mol. The molecule has 1 atom stereocenters. The monoisotopic (exact) mass is 277 g/mol. The lowest BCUT2D eigenvalue weighted by molar-refractivity contribution is 0.354. The molecule has 1 heterocycles. The van der Waals surface area contributed by atoms with Crippen molar-refractivity contribution >= 4 is 11.3 Å². The van der Waals surface area contributed by atoms with E-state index in [2.05, 4.69) is 17.5 Å². The number of nitrogens with two attached hydrogens (primary N) is 1. The maximum Gasteiger partial charge on any atom is 0.160 e. The van der Waals surface area contributed by atoms with E-state index in [9.17, 15) is 0 Å². The zero-order valence-corrected chi connectivity index (χ0v) is 12.1. The van der Waals surface area contributed by atoms with E-state index in [0.717, 1.165) is 24.3 Å². The van der Waals surface area contributed by atoms with Crippen LogP contribution in [0.1, 0.15) is 22.9 Å². The van der Waals surface area contributed by atoms with E-state index in [1.165, 1.54) is 10.4 Å². The summed E-state index contributed by atoms with van der Waals surface area (Å²) >= 11 is 1.71. The van der Waals surface area contributed by atoms with E-state index in [1.54, 1.807) is 25.6 Å². The Balaban J connectivity index is 1.99. The molecule has 0 spiro atoms. The molecule has 1 aromatic heterocycles. The second-order valence-corrected chi connectivity index (χ2v) is 5.33. The minimum Gasteiger partial charge on any atom is -0.493 e. The van der Waals surface area contributed by atoms with Crippen molar-refractivity contribution in [1.29, 1.82) is 0 Å². The van der Waals surface area contributed by atoms with Crippen molar-refractivity contribution in [3.63, 3.8) is 0 Å². The number of aryl methyl sites for hydroxylation is 1. The highest BCUT2D eigenvalue weighted by Gasteiger charge is 2.09. The smallest absolute Gasteiger partial charge is 0.160 e. The molecule has 0 fully saturated rings. The minimum absolute atomic E-state index is 0.105. The molecule has 0 aliphatic heterocycles. The third-order valence-electron chi connectivity index (χ3n) is 3.10. The van der Waals surface area contributed by atoms with Gasteiger partial charge in [-0.3, -0.25) is 0 Å². The molecule has 0 bridgehead atoms.